The van der Waals surface area contributed by atoms with Crippen LogP contribution >= 0.6 is 34.8 Å². The van der Waals surface area contributed by atoms with Crippen molar-refractivity contribution in [3.63, 3.8) is 0 Å². The summed E-state index contributed by atoms with van der Waals surface area (Å²) in [5, 5.41) is 8.15. The number of ether oxygens (including phenoxy) is 1. The third-order valence-electron chi connectivity index (χ3n) is 4.73. The predicted molar refractivity (Wildman–Crippen MR) is 128 cm³/mol. The summed E-state index contributed by atoms with van der Waals surface area (Å²) < 4.78 is 20.6. The second-order valence-electron chi connectivity index (χ2n) is 7.13. The average Bonchev–Trinajstić information content (AvgIpc) is 3.23. The van der Waals surface area contributed by atoms with Gasteiger partial charge in [-0.3, -0.25) is 9.48 Å². The van der Waals surface area contributed by atoms with Gasteiger partial charge in [-0.15, -0.1) is 0 Å². The van der Waals surface area contributed by atoms with Gasteiger partial charge in [-0.1, -0.05) is 59.1 Å². The van der Waals surface area contributed by atoms with Crippen molar-refractivity contribution in [3.05, 3.63) is 111 Å². The molecule has 0 saturated carbocycles. The van der Waals surface area contributed by atoms with E-state index in [2.05, 4.69) is 10.4 Å². The lowest BCUT2D eigenvalue weighted by molar-refractivity contribution is 0.102. The average molecular weight is 505 g/mol. The van der Waals surface area contributed by atoms with E-state index in [-0.39, 0.29) is 12.5 Å². The molecule has 0 aliphatic rings. The minimum Gasteiger partial charge on any atom is -0.487 e. The van der Waals surface area contributed by atoms with Crippen molar-refractivity contribution in [1.29, 1.82) is 0 Å². The van der Waals surface area contributed by atoms with Crippen LogP contribution in [0.25, 0.3) is 0 Å². The Kier molecular flexibility index (Phi) is 7.18. The van der Waals surface area contributed by atoms with Gasteiger partial charge in [0.2, 0.25) is 0 Å². The number of carbonyl (C=O) groups is 1. The maximum atomic E-state index is 13.2. The molecule has 0 atom stereocenters. The summed E-state index contributed by atoms with van der Waals surface area (Å²) in [6.45, 7) is 0.558. The number of amides is 1. The van der Waals surface area contributed by atoms with Crippen molar-refractivity contribution in [1.82, 2.24) is 9.78 Å². The molecule has 0 saturated heterocycles. The van der Waals surface area contributed by atoms with Crippen molar-refractivity contribution >= 4 is 46.5 Å². The van der Waals surface area contributed by atoms with E-state index < -0.39 is 5.82 Å². The van der Waals surface area contributed by atoms with E-state index in [9.17, 15) is 9.18 Å². The van der Waals surface area contributed by atoms with Crippen LogP contribution in [-0.4, -0.2) is 15.7 Å². The minimum atomic E-state index is -0.402. The largest absolute Gasteiger partial charge is 0.487 e. The van der Waals surface area contributed by atoms with E-state index in [0.29, 0.717) is 44.3 Å². The highest BCUT2D eigenvalue weighted by Gasteiger charge is 2.11. The van der Waals surface area contributed by atoms with Gasteiger partial charge >= 0.3 is 0 Å². The second kappa shape index (κ2) is 10.3. The third-order valence-corrected chi connectivity index (χ3v) is 5.88. The van der Waals surface area contributed by atoms with Crippen LogP contribution in [0.3, 0.4) is 0 Å². The number of nitrogens with zero attached hydrogens (tertiary/aromatic N) is 2. The first-order chi connectivity index (χ1) is 15.9. The number of benzene rings is 3. The van der Waals surface area contributed by atoms with Crippen molar-refractivity contribution < 1.29 is 13.9 Å². The van der Waals surface area contributed by atoms with Crippen LogP contribution in [0.1, 0.15) is 21.5 Å². The molecule has 168 valence electrons. The summed E-state index contributed by atoms with van der Waals surface area (Å²) >= 11 is 18.2. The fraction of sp³-hybridized carbons (Fsp3) is 0.0833. The fourth-order valence-electron chi connectivity index (χ4n) is 3.09. The van der Waals surface area contributed by atoms with Gasteiger partial charge in [-0.2, -0.15) is 5.10 Å². The van der Waals surface area contributed by atoms with Crippen molar-refractivity contribution in [2.45, 2.75) is 13.2 Å². The minimum absolute atomic E-state index is 0.217. The Hall–Kier alpha value is -3.06. The standard InChI is InChI=1S/C24H17Cl3FN3O2/c25-19-5-2-6-21(23(19)27)33-14-15-3-1-4-16(11-15)24(32)29-22-9-10-31(30-22)13-17-7-8-18(28)12-20(17)26/h1-12H,13-14H2,(H,29,30,32). The molecule has 0 bridgehead atoms. The molecule has 3 aromatic carbocycles. The molecule has 4 aromatic rings. The van der Waals surface area contributed by atoms with Gasteiger partial charge < -0.3 is 10.1 Å². The Bertz CT molecular complexity index is 1310. The Labute approximate surface area is 204 Å². The lowest BCUT2D eigenvalue weighted by Gasteiger charge is -2.10. The third kappa shape index (κ3) is 5.85. The monoisotopic (exact) mass is 503 g/mol. The molecule has 0 radical (unpaired) electrons. The van der Waals surface area contributed by atoms with E-state index in [4.69, 9.17) is 39.5 Å². The van der Waals surface area contributed by atoms with Gasteiger partial charge in [-0.05, 0) is 47.5 Å². The van der Waals surface area contributed by atoms with Crippen LogP contribution < -0.4 is 10.1 Å². The number of hydrogen-bond acceptors (Lipinski definition) is 3. The smallest absolute Gasteiger partial charge is 0.256 e. The molecule has 0 aliphatic heterocycles. The first kappa shape index (κ1) is 23.1. The maximum absolute atomic E-state index is 13.2. The number of rotatable bonds is 7. The zero-order chi connectivity index (χ0) is 23.4. The summed E-state index contributed by atoms with van der Waals surface area (Å²) in [5.41, 5.74) is 1.95. The van der Waals surface area contributed by atoms with Gasteiger partial charge in [0, 0.05) is 22.8 Å². The summed E-state index contributed by atoms with van der Waals surface area (Å²) in [6.07, 6.45) is 1.70. The Morgan fingerprint density at radius 3 is 2.64 bits per heavy atom. The molecule has 5 nitrogen and oxygen atoms in total. The van der Waals surface area contributed by atoms with Crippen LogP contribution in [0, 0.1) is 5.82 Å². The molecule has 0 unspecified atom stereocenters. The molecule has 1 heterocycles. The van der Waals surface area contributed by atoms with E-state index in [0.717, 1.165) is 5.56 Å². The molecule has 1 N–H and O–H groups in total. The van der Waals surface area contributed by atoms with Gasteiger partial charge in [0.1, 0.15) is 23.2 Å². The molecule has 1 amide bonds. The Morgan fingerprint density at radius 2 is 1.82 bits per heavy atom. The van der Waals surface area contributed by atoms with Crippen LogP contribution in [0.15, 0.2) is 72.9 Å². The highest BCUT2D eigenvalue weighted by atomic mass is 35.5. The molecule has 0 fully saturated rings. The van der Waals surface area contributed by atoms with E-state index in [1.807, 2.05) is 6.07 Å². The van der Waals surface area contributed by atoms with Crippen LogP contribution in [0.5, 0.6) is 5.75 Å². The molecule has 0 aliphatic carbocycles. The lowest BCUT2D eigenvalue weighted by atomic mass is 10.1. The second-order valence-corrected chi connectivity index (χ2v) is 8.32. The topological polar surface area (TPSA) is 56.2 Å². The van der Waals surface area contributed by atoms with E-state index in [1.54, 1.807) is 59.4 Å². The molecule has 0 spiro atoms. The molecule has 9 heteroatoms. The highest BCUT2D eigenvalue weighted by molar-refractivity contribution is 6.42. The summed E-state index contributed by atoms with van der Waals surface area (Å²) in [7, 11) is 0. The predicted octanol–water partition coefficient (Wildman–Crippen LogP) is 6.86. The van der Waals surface area contributed by atoms with Gasteiger partial charge in [0.15, 0.2) is 5.82 Å². The van der Waals surface area contributed by atoms with E-state index >= 15 is 0 Å². The first-order valence-electron chi connectivity index (χ1n) is 9.83. The fourth-order valence-corrected chi connectivity index (χ4v) is 3.66. The Morgan fingerprint density at radius 1 is 1.00 bits per heavy atom. The van der Waals surface area contributed by atoms with Gasteiger partial charge in [0.05, 0.1) is 11.6 Å². The van der Waals surface area contributed by atoms with Crippen LogP contribution in [0.4, 0.5) is 10.2 Å². The number of carbonyl (C=O) groups excluding carboxylic acids is 1. The van der Waals surface area contributed by atoms with Crippen molar-refractivity contribution in [2.24, 2.45) is 0 Å². The molecular weight excluding hydrogens is 488 g/mol. The normalized spacial score (nSPS) is 10.8. The molecular formula is C24H17Cl3FN3O2. The summed E-state index contributed by atoms with van der Waals surface area (Å²) in [4.78, 5) is 12.7. The number of nitrogens with one attached hydrogen (secondary N) is 1. The number of halogens is 4. The van der Waals surface area contributed by atoms with Crippen LogP contribution in [0.2, 0.25) is 15.1 Å². The number of anilines is 1. The molecule has 33 heavy (non-hydrogen) atoms. The summed E-state index contributed by atoms with van der Waals surface area (Å²) in [5.74, 6) is 0.125. The maximum Gasteiger partial charge on any atom is 0.256 e. The van der Waals surface area contributed by atoms with Crippen molar-refractivity contribution in [3.8, 4) is 5.75 Å². The lowest BCUT2D eigenvalue weighted by Crippen LogP contribution is -2.13. The Balaban J connectivity index is 1.39. The summed E-state index contributed by atoms with van der Waals surface area (Å²) in [6, 6.07) is 18.0. The zero-order valence-electron chi connectivity index (χ0n) is 17.1. The van der Waals surface area contributed by atoms with Crippen molar-refractivity contribution in [2.75, 3.05) is 5.32 Å². The molecule has 1 aromatic heterocycles. The van der Waals surface area contributed by atoms with E-state index in [1.165, 1.54) is 12.1 Å². The highest BCUT2D eigenvalue weighted by Crippen LogP contribution is 2.32. The quantitative estimate of drug-likeness (QED) is 0.299. The van der Waals surface area contributed by atoms with Crippen LogP contribution in [-0.2, 0) is 13.2 Å². The SMILES string of the molecule is O=C(Nc1ccn(Cc2ccc(F)cc2Cl)n1)c1cccc(COc2cccc(Cl)c2Cl)c1. The molecule has 4 rings (SSSR count). The number of hydrogen-bond donors (Lipinski definition) is 1. The van der Waals surface area contributed by atoms with Gasteiger partial charge in [-0.25, -0.2) is 4.39 Å². The zero-order valence-corrected chi connectivity index (χ0v) is 19.3. The first-order valence-corrected chi connectivity index (χ1v) is 11.0. The van der Waals surface area contributed by atoms with Gasteiger partial charge in [0.25, 0.3) is 5.91 Å². The number of aromatic nitrogens is 2.